The van der Waals surface area contributed by atoms with Gasteiger partial charge in [-0.2, -0.15) is 0 Å². The monoisotopic (exact) mass is 263 g/mol. The van der Waals surface area contributed by atoms with Crippen molar-refractivity contribution >= 4 is 11.6 Å². The minimum Gasteiger partial charge on any atom is -0.508 e. The highest BCUT2D eigenvalue weighted by atomic mass is 16.3. The Bertz CT molecular complexity index is 474. The van der Waals surface area contributed by atoms with Crippen LogP contribution in [0.4, 0.5) is 5.69 Å². The predicted molar refractivity (Wildman–Crippen MR) is 75.1 cm³/mol. The van der Waals surface area contributed by atoms with Crippen molar-refractivity contribution in [2.45, 2.75) is 18.9 Å². The van der Waals surface area contributed by atoms with E-state index in [2.05, 4.69) is 4.90 Å². The van der Waals surface area contributed by atoms with E-state index in [4.69, 9.17) is 5.73 Å². The first-order valence-corrected chi connectivity index (χ1v) is 6.53. The number of amides is 1. The zero-order chi connectivity index (χ0) is 14.0. The summed E-state index contributed by atoms with van der Waals surface area (Å²) in [5.74, 6) is -0.0290. The maximum atomic E-state index is 12.5. The Balaban J connectivity index is 2.17. The van der Waals surface area contributed by atoms with Gasteiger partial charge in [0.1, 0.15) is 5.75 Å². The molecule has 1 unspecified atom stereocenters. The van der Waals surface area contributed by atoms with E-state index in [1.54, 1.807) is 6.07 Å². The molecule has 1 amide bonds. The Morgan fingerprint density at radius 2 is 2.21 bits per heavy atom. The normalized spacial score (nSPS) is 19.7. The van der Waals surface area contributed by atoms with E-state index < -0.39 is 0 Å². The number of nitrogens with two attached hydrogens (primary N) is 1. The molecule has 0 aromatic heterocycles. The summed E-state index contributed by atoms with van der Waals surface area (Å²) in [4.78, 5) is 16.4. The summed E-state index contributed by atoms with van der Waals surface area (Å²) in [6.45, 7) is 1.46. The quantitative estimate of drug-likeness (QED) is 0.620. The molecule has 0 bridgehead atoms. The van der Waals surface area contributed by atoms with Crippen molar-refractivity contribution in [2.75, 3.05) is 32.9 Å². The van der Waals surface area contributed by atoms with Crippen LogP contribution in [0.5, 0.6) is 5.75 Å². The largest absolute Gasteiger partial charge is 0.508 e. The van der Waals surface area contributed by atoms with Crippen molar-refractivity contribution in [2.24, 2.45) is 0 Å². The van der Waals surface area contributed by atoms with Crippen molar-refractivity contribution in [3.63, 3.8) is 0 Å². The lowest BCUT2D eigenvalue weighted by Gasteiger charge is -2.36. The number of benzene rings is 1. The molecule has 104 valence electrons. The highest BCUT2D eigenvalue weighted by Gasteiger charge is 2.26. The van der Waals surface area contributed by atoms with Crippen LogP contribution >= 0.6 is 0 Å². The molecule has 1 aliphatic heterocycles. The van der Waals surface area contributed by atoms with Gasteiger partial charge in [-0.25, -0.2) is 0 Å². The summed E-state index contributed by atoms with van der Waals surface area (Å²) in [6.07, 6.45) is 2.10. The lowest BCUT2D eigenvalue weighted by molar-refractivity contribution is 0.0636. The van der Waals surface area contributed by atoms with E-state index in [0.29, 0.717) is 23.8 Å². The molecule has 3 N–H and O–H groups in total. The van der Waals surface area contributed by atoms with Crippen LogP contribution in [-0.4, -0.2) is 54.0 Å². The number of phenolic OH excluding ortho intramolecular Hbond substituents is 1. The fourth-order valence-electron chi connectivity index (χ4n) is 2.46. The number of piperidine rings is 1. The van der Waals surface area contributed by atoms with Crippen molar-refractivity contribution in [1.29, 1.82) is 0 Å². The van der Waals surface area contributed by atoms with Gasteiger partial charge in [0.25, 0.3) is 5.91 Å². The number of aromatic hydroxyl groups is 1. The molecule has 1 aromatic carbocycles. The van der Waals surface area contributed by atoms with Crippen LogP contribution in [0.1, 0.15) is 23.2 Å². The average Bonchev–Trinajstić information content (AvgIpc) is 2.41. The first-order valence-electron chi connectivity index (χ1n) is 6.53. The molecule has 0 radical (unpaired) electrons. The van der Waals surface area contributed by atoms with Crippen LogP contribution < -0.4 is 5.73 Å². The highest BCUT2D eigenvalue weighted by molar-refractivity contribution is 5.99. The Morgan fingerprint density at radius 3 is 2.89 bits per heavy atom. The third-order valence-electron chi connectivity index (χ3n) is 3.68. The van der Waals surface area contributed by atoms with Gasteiger partial charge in [-0.3, -0.25) is 4.79 Å². The number of carbonyl (C=O) groups excluding carboxylic acids is 1. The maximum absolute atomic E-state index is 12.5. The third kappa shape index (κ3) is 2.98. The summed E-state index contributed by atoms with van der Waals surface area (Å²) in [5.41, 5.74) is 6.62. The average molecular weight is 263 g/mol. The molecule has 0 spiro atoms. The molecule has 0 aliphatic carbocycles. The Hall–Kier alpha value is -1.75. The minimum atomic E-state index is -0.0973. The molecule has 5 heteroatoms. The van der Waals surface area contributed by atoms with Gasteiger partial charge >= 0.3 is 0 Å². The van der Waals surface area contributed by atoms with Crippen LogP contribution in [0.3, 0.4) is 0 Å². The van der Waals surface area contributed by atoms with Crippen LogP contribution in [0.2, 0.25) is 0 Å². The van der Waals surface area contributed by atoms with Gasteiger partial charge in [0, 0.05) is 24.8 Å². The second-order valence-corrected chi connectivity index (χ2v) is 5.28. The number of nitrogens with zero attached hydrogens (tertiary/aromatic N) is 2. The van der Waals surface area contributed by atoms with Crippen molar-refractivity contribution in [3.8, 4) is 5.75 Å². The van der Waals surface area contributed by atoms with Crippen LogP contribution in [0.25, 0.3) is 0 Å². The van der Waals surface area contributed by atoms with Gasteiger partial charge in [-0.05, 0) is 45.1 Å². The van der Waals surface area contributed by atoms with E-state index in [0.717, 1.165) is 19.4 Å². The van der Waals surface area contributed by atoms with Crippen LogP contribution in [0.15, 0.2) is 18.2 Å². The first kappa shape index (κ1) is 13.7. The zero-order valence-electron chi connectivity index (χ0n) is 11.5. The van der Waals surface area contributed by atoms with Gasteiger partial charge in [0.15, 0.2) is 0 Å². The Morgan fingerprint density at radius 1 is 1.47 bits per heavy atom. The van der Waals surface area contributed by atoms with Crippen molar-refractivity contribution < 1.29 is 9.90 Å². The zero-order valence-corrected chi connectivity index (χ0v) is 11.5. The van der Waals surface area contributed by atoms with Gasteiger partial charge in [-0.15, -0.1) is 0 Å². The number of likely N-dealkylation sites (tertiary alicyclic amines) is 1. The summed E-state index contributed by atoms with van der Waals surface area (Å²) in [7, 11) is 4.06. The number of anilines is 1. The number of hydrogen-bond acceptors (Lipinski definition) is 4. The molecule has 5 nitrogen and oxygen atoms in total. The molecule has 1 aliphatic rings. The molecule has 2 rings (SSSR count). The van der Waals surface area contributed by atoms with Crippen molar-refractivity contribution in [1.82, 2.24) is 9.80 Å². The second-order valence-electron chi connectivity index (χ2n) is 5.28. The Labute approximate surface area is 113 Å². The minimum absolute atomic E-state index is 0.0683. The molecule has 0 saturated carbocycles. The number of phenols is 1. The summed E-state index contributed by atoms with van der Waals surface area (Å²) >= 11 is 0. The highest BCUT2D eigenvalue weighted by Crippen LogP contribution is 2.22. The second kappa shape index (κ2) is 5.48. The number of hydrogen-bond donors (Lipinski definition) is 2. The van der Waals surface area contributed by atoms with Crippen LogP contribution in [-0.2, 0) is 0 Å². The fourth-order valence-corrected chi connectivity index (χ4v) is 2.46. The van der Waals surface area contributed by atoms with E-state index in [1.165, 1.54) is 12.1 Å². The topological polar surface area (TPSA) is 69.8 Å². The SMILES string of the molecule is CN(C)C1CCCN(C(=O)c2cc(O)ccc2N)C1. The van der Waals surface area contributed by atoms with Gasteiger partial charge in [0.2, 0.25) is 0 Å². The fraction of sp³-hybridized carbons (Fsp3) is 0.500. The summed E-state index contributed by atoms with van der Waals surface area (Å²) < 4.78 is 0. The number of carbonyl (C=O) groups is 1. The van der Waals surface area contributed by atoms with Crippen LogP contribution in [0, 0.1) is 0 Å². The van der Waals surface area contributed by atoms with Gasteiger partial charge in [0.05, 0.1) is 5.56 Å². The first-order chi connectivity index (χ1) is 8.99. The standard InChI is InChI=1S/C14H21N3O2/c1-16(2)10-4-3-7-17(9-10)14(19)12-8-11(18)5-6-13(12)15/h5-6,8,10,18H,3-4,7,9,15H2,1-2H3. The molecular weight excluding hydrogens is 242 g/mol. The van der Waals surface area contributed by atoms with Crippen molar-refractivity contribution in [3.05, 3.63) is 23.8 Å². The van der Waals surface area contributed by atoms with E-state index in [-0.39, 0.29) is 11.7 Å². The number of rotatable bonds is 2. The lowest BCUT2D eigenvalue weighted by Crippen LogP contribution is -2.47. The predicted octanol–water partition coefficient (Wildman–Crippen LogP) is 1.14. The smallest absolute Gasteiger partial charge is 0.256 e. The van der Waals surface area contributed by atoms with Gasteiger partial charge < -0.3 is 20.6 Å². The molecular formula is C14H21N3O2. The maximum Gasteiger partial charge on any atom is 0.256 e. The number of likely N-dealkylation sites (N-methyl/N-ethyl adjacent to an activating group) is 1. The molecule has 1 aromatic rings. The molecule has 1 fully saturated rings. The molecule has 1 heterocycles. The van der Waals surface area contributed by atoms with Gasteiger partial charge in [-0.1, -0.05) is 0 Å². The molecule has 19 heavy (non-hydrogen) atoms. The van der Waals surface area contributed by atoms with E-state index in [9.17, 15) is 9.90 Å². The summed E-state index contributed by atoms with van der Waals surface area (Å²) in [5, 5.41) is 9.49. The number of nitrogen functional groups attached to an aromatic ring is 1. The molecule has 1 atom stereocenters. The molecule has 1 saturated heterocycles. The van der Waals surface area contributed by atoms with E-state index in [1.807, 2.05) is 19.0 Å². The lowest BCUT2D eigenvalue weighted by atomic mass is 10.0. The Kier molecular flexibility index (Phi) is 3.95. The third-order valence-corrected chi connectivity index (χ3v) is 3.68. The summed E-state index contributed by atoms with van der Waals surface area (Å²) in [6, 6.07) is 4.88. The van der Waals surface area contributed by atoms with E-state index >= 15 is 0 Å².